The van der Waals surface area contributed by atoms with Gasteiger partial charge in [-0.1, -0.05) is 51.0 Å². The van der Waals surface area contributed by atoms with Crippen LogP contribution in [0.25, 0.3) is 0 Å². The molecule has 9 nitrogen and oxygen atoms in total. The van der Waals surface area contributed by atoms with E-state index < -0.39 is 38.3 Å². The van der Waals surface area contributed by atoms with Gasteiger partial charge in [0.05, 0.1) is 27.2 Å². The Morgan fingerprint density at radius 2 is 1.46 bits per heavy atom. The van der Waals surface area contributed by atoms with Crippen LogP contribution in [0.4, 0.5) is 0 Å². The maximum atomic E-state index is 12.7. The first-order valence-corrected chi connectivity index (χ1v) is 15.3. The highest BCUT2D eigenvalue weighted by Crippen LogP contribution is 2.48. The number of aliphatic hydroxyl groups excluding tert-OH is 2. The molecular weight excluding hydrogens is 497 g/mol. The number of quaternary nitrogens is 1. The predicted molar refractivity (Wildman–Crippen MR) is 145 cm³/mol. The minimum Gasteiger partial charge on any atom is -0.774 e. The van der Waals surface area contributed by atoms with Gasteiger partial charge in [-0.05, 0) is 44.9 Å². The maximum absolute atomic E-state index is 12.7. The number of aliphatic hydroxyl groups is 3. The molecule has 3 atom stereocenters. The first kappa shape index (κ1) is 35.9. The van der Waals surface area contributed by atoms with Crippen molar-refractivity contribution in [3.63, 3.8) is 0 Å². The summed E-state index contributed by atoms with van der Waals surface area (Å²) in [6, 6.07) is 0. The van der Waals surface area contributed by atoms with Gasteiger partial charge in [0.1, 0.15) is 12.7 Å². The van der Waals surface area contributed by atoms with E-state index in [4.69, 9.17) is 19.5 Å². The molecule has 0 aliphatic rings. The topological polar surface area (TPSA) is 136 Å². The fourth-order valence-electron chi connectivity index (χ4n) is 3.97. The van der Waals surface area contributed by atoms with Crippen molar-refractivity contribution in [2.45, 2.75) is 109 Å². The standard InChI is InChI=1S/C27H52NO8P/c1-5-7-8-9-10-11-12-13-14-15-16-17-18-19-27(32)35-22-24(29)23-36-37(33,34)25(6-2)28(3,4)21-20-26(30)31/h9-10,15-16,24-26,29-31H,5-8,11-14,17-23H2,1-4H3/b10-9-,16-15-/t24-,25?/m1/s1. The lowest BCUT2D eigenvalue weighted by Crippen LogP contribution is -2.51. The number of ether oxygens (including phenoxy) is 1. The highest BCUT2D eigenvalue weighted by atomic mass is 31.2. The smallest absolute Gasteiger partial charge is 0.305 e. The second-order valence-electron chi connectivity index (χ2n) is 10.1. The van der Waals surface area contributed by atoms with Crippen molar-refractivity contribution in [3.05, 3.63) is 24.3 Å². The van der Waals surface area contributed by atoms with Crippen molar-refractivity contribution in [1.82, 2.24) is 0 Å². The van der Waals surface area contributed by atoms with Crippen LogP contribution in [0.15, 0.2) is 24.3 Å². The summed E-state index contributed by atoms with van der Waals surface area (Å²) in [6.07, 6.45) is 16.0. The Kier molecular flexibility index (Phi) is 20.2. The molecule has 0 fully saturated rings. The van der Waals surface area contributed by atoms with Gasteiger partial charge in [-0.2, -0.15) is 0 Å². The van der Waals surface area contributed by atoms with E-state index in [9.17, 15) is 19.4 Å². The summed E-state index contributed by atoms with van der Waals surface area (Å²) in [7, 11) is -1.04. The molecule has 0 bridgehead atoms. The van der Waals surface area contributed by atoms with Crippen LogP contribution in [0, 0.1) is 0 Å². The Bertz CT molecular complexity index is 696. The molecule has 10 heteroatoms. The summed E-state index contributed by atoms with van der Waals surface area (Å²) in [4.78, 5) is 24.6. The zero-order valence-corrected chi connectivity index (χ0v) is 24.3. The van der Waals surface area contributed by atoms with E-state index in [1.165, 1.54) is 25.7 Å². The Morgan fingerprint density at radius 3 is 1.97 bits per heavy atom. The van der Waals surface area contributed by atoms with Crippen molar-refractivity contribution in [2.24, 2.45) is 0 Å². The van der Waals surface area contributed by atoms with Crippen molar-refractivity contribution in [3.8, 4) is 0 Å². The van der Waals surface area contributed by atoms with Crippen molar-refractivity contribution in [2.75, 3.05) is 33.9 Å². The largest absolute Gasteiger partial charge is 0.774 e. The number of carbonyl (C=O) groups excluding carboxylic acids is 1. The molecule has 218 valence electrons. The van der Waals surface area contributed by atoms with E-state index in [1.807, 2.05) is 0 Å². The van der Waals surface area contributed by atoms with Crippen LogP contribution in [0.5, 0.6) is 0 Å². The maximum Gasteiger partial charge on any atom is 0.305 e. The van der Waals surface area contributed by atoms with Crippen molar-refractivity contribution >= 4 is 13.6 Å². The number of nitrogens with zero attached hydrogens (tertiary/aromatic N) is 1. The van der Waals surface area contributed by atoms with Gasteiger partial charge < -0.3 is 38.5 Å². The van der Waals surface area contributed by atoms with Gasteiger partial charge in [-0.15, -0.1) is 0 Å². The van der Waals surface area contributed by atoms with Crippen LogP contribution in [0.3, 0.4) is 0 Å². The fourth-order valence-corrected chi connectivity index (χ4v) is 5.85. The second kappa shape index (κ2) is 20.8. The number of unbranched alkanes of at least 4 members (excludes halogenated alkanes) is 6. The molecule has 0 saturated carbocycles. The number of carbonyl (C=O) groups is 1. The van der Waals surface area contributed by atoms with E-state index in [2.05, 4.69) is 31.2 Å². The monoisotopic (exact) mass is 549 g/mol. The van der Waals surface area contributed by atoms with Crippen LogP contribution in [0.1, 0.15) is 90.9 Å². The molecule has 3 N–H and O–H groups in total. The lowest BCUT2D eigenvalue weighted by molar-refractivity contribution is -0.904. The number of allylic oxidation sites excluding steroid dienone is 4. The van der Waals surface area contributed by atoms with Crippen LogP contribution < -0.4 is 4.89 Å². The number of hydrogen-bond donors (Lipinski definition) is 3. The predicted octanol–water partition coefficient (Wildman–Crippen LogP) is 4.01. The Balaban J connectivity index is 4.10. The molecule has 0 saturated heterocycles. The van der Waals surface area contributed by atoms with Crippen LogP contribution in [-0.4, -0.2) is 77.8 Å². The molecule has 0 aliphatic heterocycles. The second-order valence-corrected chi connectivity index (χ2v) is 12.0. The van der Waals surface area contributed by atoms with Gasteiger partial charge in [0.25, 0.3) is 0 Å². The molecule has 0 aliphatic carbocycles. The molecule has 0 aromatic carbocycles. The van der Waals surface area contributed by atoms with Gasteiger partial charge in [-0.25, -0.2) is 0 Å². The summed E-state index contributed by atoms with van der Waals surface area (Å²) in [5.41, 5.74) is 0. The molecule has 0 radical (unpaired) electrons. The molecule has 0 aromatic rings. The van der Waals surface area contributed by atoms with Crippen LogP contribution in [0.2, 0.25) is 0 Å². The minimum absolute atomic E-state index is 0.00903. The highest BCUT2D eigenvalue weighted by Gasteiger charge is 2.37. The van der Waals surface area contributed by atoms with Gasteiger partial charge in [0.15, 0.2) is 19.7 Å². The van der Waals surface area contributed by atoms with Gasteiger partial charge >= 0.3 is 5.97 Å². The summed E-state index contributed by atoms with van der Waals surface area (Å²) < 4.78 is 22.8. The molecule has 0 amide bonds. The summed E-state index contributed by atoms with van der Waals surface area (Å²) in [6.45, 7) is 3.27. The highest BCUT2D eigenvalue weighted by molar-refractivity contribution is 7.51. The van der Waals surface area contributed by atoms with Crippen LogP contribution >= 0.6 is 7.60 Å². The third kappa shape index (κ3) is 18.8. The molecule has 0 aromatic heterocycles. The lowest BCUT2D eigenvalue weighted by Gasteiger charge is -2.43. The zero-order valence-electron chi connectivity index (χ0n) is 23.4. The number of hydrogen-bond acceptors (Lipinski definition) is 8. The third-order valence-electron chi connectivity index (χ3n) is 6.19. The molecular formula is C27H52NO8P. The SMILES string of the molecule is CCCC/C=C\CCCC/C=C\CCCC(=O)OC[C@@H](O)COP(=O)([O-])C(CC)[N+](C)(C)CCC(O)O. The van der Waals surface area contributed by atoms with E-state index >= 15 is 0 Å². The van der Waals surface area contributed by atoms with Crippen LogP contribution in [-0.2, 0) is 18.6 Å². The van der Waals surface area contributed by atoms with E-state index in [0.717, 1.165) is 25.7 Å². The molecule has 0 spiro atoms. The third-order valence-corrected chi connectivity index (χ3v) is 8.41. The van der Waals surface area contributed by atoms with Gasteiger partial charge in [0.2, 0.25) is 0 Å². The first-order chi connectivity index (χ1) is 17.5. The van der Waals surface area contributed by atoms with Gasteiger partial charge in [0, 0.05) is 19.3 Å². The summed E-state index contributed by atoms with van der Waals surface area (Å²) >= 11 is 0. The van der Waals surface area contributed by atoms with Crippen molar-refractivity contribution < 1.29 is 43.3 Å². The average Bonchev–Trinajstić information content (AvgIpc) is 2.83. The van der Waals surface area contributed by atoms with E-state index in [1.54, 1.807) is 21.0 Å². The molecule has 2 unspecified atom stereocenters. The summed E-state index contributed by atoms with van der Waals surface area (Å²) in [5.74, 6) is -1.36. The lowest BCUT2D eigenvalue weighted by atomic mass is 10.1. The normalized spacial score (nSPS) is 15.9. The first-order valence-electron chi connectivity index (χ1n) is 13.7. The van der Waals surface area contributed by atoms with Gasteiger partial charge in [-0.3, -0.25) is 4.79 Å². The Hall–Kier alpha value is -1.06. The number of esters is 1. The fraction of sp³-hybridized carbons (Fsp3) is 0.815. The minimum atomic E-state index is -4.38. The molecule has 37 heavy (non-hydrogen) atoms. The number of rotatable bonds is 23. The zero-order chi connectivity index (χ0) is 28.2. The van der Waals surface area contributed by atoms with E-state index in [-0.39, 0.29) is 36.9 Å². The quantitative estimate of drug-likeness (QED) is 0.0434. The van der Waals surface area contributed by atoms with Crippen molar-refractivity contribution in [1.29, 1.82) is 0 Å². The summed E-state index contributed by atoms with van der Waals surface area (Å²) in [5, 5.41) is 28.2. The Labute approximate surface area is 224 Å². The average molecular weight is 550 g/mol. The molecule has 0 rings (SSSR count). The molecule has 0 heterocycles. The Morgan fingerprint density at radius 1 is 0.919 bits per heavy atom. The van der Waals surface area contributed by atoms with E-state index in [0.29, 0.717) is 6.42 Å².